The first-order valence-corrected chi connectivity index (χ1v) is 9.27. The van der Waals surface area contributed by atoms with Crippen molar-refractivity contribution in [1.82, 2.24) is 0 Å². The summed E-state index contributed by atoms with van der Waals surface area (Å²) >= 11 is 0. The van der Waals surface area contributed by atoms with E-state index in [2.05, 4.69) is 17.4 Å². The van der Waals surface area contributed by atoms with Crippen LogP contribution in [-0.4, -0.2) is 17.8 Å². The molecule has 1 atom stereocenters. The SMILES string of the molecule is CC[C@@H](Oc1ccc2c(c1)CCCC2)C(=O)Nc1cccc(C(C)=O)c1. The van der Waals surface area contributed by atoms with Gasteiger partial charge in [-0.25, -0.2) is 0 Å². The van der Waals surface area contributed by atoms with Gasteiger partial charge in [-0.2, -0.15) is 0 Å². The van der Waals surface area contributed by atoms with E-state index in [-0.39, 0.29) is 11.7 Å². The molecule has 26 heavy (non-hydrogen) atoms. The number of carbonyl (C=O) groups is 2. The maximum absolute atomic E-state index is 12.6. The molecule has 0 saturated heterocycles. The zero-order chi connectivity index (χ0) is 18.5. The van der Waals surface area contributed by atoms with E-state index in [1.807, 2.05) is 13.0 Å². The summed E-state index contributed by atoms with van der Waals surface area (Å²) in [7, 11) is 0. The Morgan fingerprint density at radius 1 is 1.08 bits per heavy atom. The van der Waals surface area contributed by atoms with E-state index in [0.29, 0.717) is 17.7 Å². The van der Waals surface area contributed by atoms with Crippen LogP contribution >= 0.6 is 0 Å². The number of ketones is 1. The number of Topliss-reactive ketones (excluding diaryl/α,β-unsaturated/α-hetero) is 1. The van der Waals surface area contributed by atoms with Gasteiger partial charge in [-0.05, 0) is 74.4 Å². The van der Waals surface area contributed by atoms with Gasteiger partial charge < -0.3 is 10.1 Å². The Morgan fingerprint density at radius 2 is 1.85 bits per heavy atom. The van der Waals surface area contributed by atoms with E-state index in [1.165, 1.54) is 30.9 Å². The molecule has 0 aromatic heterocycles. The quantitative estimate of drug-likeness (QED) is 0.776. The van der Waals surface area contributed by atoms with Crippen LogP contribution < -0.4 is 10.1 Å². The van der Waals surface area contributed by atoms with Crippen molar-refractivity contribution >= 4 is 17.4 Å². The van der Waals surface area contributed by atoms with E-state index >= 15 is 0 Å². The zero-order valence-electron chi connectivity index (χ0n) is 15.4. The summed E-state index contributed by atoms with van der Waals surface area (Å²) in [6, 6.07) is 13.1. The lowest BCUT2D eigenvalue weighted by molar-refractivity contribution is -0.122. The molecule has 1 N–H and O–H groups in total. The molecule has 0 heterocycles. The van der Waals surface area contributed by atoms with Crippen LogP contribution in [0, 0.1) is 0 Å². The fourth-order valence-corrected chi connectivity index (χ4v) is 3.31. The molecule has 0 radical (unpaired) electrons. The highest BCUT2D eigenvalue weighted by molar-refractivity contribution is 5.98. The first-order chi connectivity index (χ1) is 12.6. The predicted octanol–water partition coefficient (Wildman–Crippen LogP) is 4.56. The van der Waals surface area contributed by atoms with Crippen molar-refractivity contribution in [2.75, 3.05) is 5.32 Å². The number of nitrogens with one attached hydrogen (secondary N) is 1. The Kier molecular flexibility index (Phi) is 5.71. The second kappa shape index (κ2) is 8.17. The molecule has 0 saturated carbocycles. The Bertz CT molecular complexity index is 813. The highest BCUT2D eigenvalue weighted by Gasteiger charge is 2.20. The first-order valence-electron chi connectivity index (χ1n) is 9.27. The molecule has 1 amide bonds. The third kappa shape index (κ3) is 4.31. The highest BCUT2D eigenvalue weighted by Crippen LogP contribution is 2.26. The van der Waals surface area contributed by atoms with Crippen molar-refractivity contribution < 1.29 is 14.3 Å². The number of aryl methyl sites for hydroxylation is 2. The third-order valence-corrected chi connectivity index (χ3v) is 4.80. The third-order valence-electron chi connectivity index (χ3n) is 4.80. The second-order valence-electron chi connectivity index (χ2n) is 6.78. The van der Waals surface area contributed by atoms with E-state index in [4.69, 9.17) is 4.74 Å². The average Bonchev–Trinajstić information content (AvgIpc) is 2.66. The van der Waals surface area contributed by atoms with Crippen LogP contribution in [0.4, 0.5) is 5.69 Å². The highest BCUT2D eigenvalue weighted by atomic mass is 16.5. The maximum atomic E-state index is 12.6. The maximum Gasteiger partial charge on any atom is 0.265 e. The van der Waals surface area contributed by atoms with Crippen LogP contribution in [0.3, 0.4) is 0 Å². The molecule has 4 nitrogen and oxygen atoms in total. The van der Waals surface area contributed by atoms with Crippen LogP contribution in [-0.2, 0) is 17.6 Å². The summed E-state index contributed by atoms with van der Waals surface area (Å²) in [4.78, 5) is 24.1. The molecule has 0 fully saturated rings. The minimum atomic E-state index is -0.572. The first kappa shape index (κ1) is 18.2. The minimum Gasteiger partial charge on any atom is -0.481 e. The Balaban J connectivity index is 1.69. The van der Waals surface area contributed by atoms with E-state index in [9.17, 15) is 9.59 Å². The molecule has 0 aliphatic heterocycles. The topological polar surface area (TPSA) is 55.4 Å². The number of benzene rings is 2. The van der Waals surface area contributed by atoms with Crippen molar-refractivity contribution in [3.05, 3.63) is 59.2 Å². The summed E-state index contributed by atoms with van der Waals surface area (Å²) < 4.78 is 5.96. The largest absolute Gasteiger partial charge is 0.481 e. The molecule has 0 spiro atoms. The summed E-state index contributed by atoms with van der Waals surface area (Å²) in [5.74, 6) is 0.509. The van der Waals surface area contributed by atoms with E-state index in [1.54, 1.807) is 24.3 Å². The van der Waals surface area contributed by atoms with Crippen molar-refractivity contribution in [3.8, 4) is 5.75 Å². The van der Waals surface area contributed by atoms with Crippen LogP contribution in [0.1, 0.15) is 54.6 Å². The molecule has 4 heteroatoms. The minimum absolute atomic E-state index is 0.0292. The number of fused-ring (bicyclic) bond motifs is 1. The van der Waals surface area contributed by atoms with Crippen LogP contribution in [0.5, 0.6) is 5.75 Å². The number of rotatable bonds is 6. The van der Waals surface area contributed by atoms with Gasteiger partial charge in [0.25, 0.3) is 5.91 Å². The molecule has 1 aliphatic rings. The van der Waals surface area contributed by atoms with Crippen LogP contribution in [0.25, 0.3) is 0 Å². The van der Waals surface area contributed by atoms with Crippen LogP contribution in [0.2, 0.25) is 0 Å². The summed E-state index contributed by atoms with van der Waals surface area (Å²) in [6.07, 6.45) is 4.65. The summed E-state index contributed by atoms with van der Waals surface area (Å²) in [5, 5.41) is 2.85. The molecule has 2 aromatic carbocycles. The van der Waals surface area contributed by atoms with Gasteiger partial charge in [-0.3, -0.25) is 9.59 Å². The lowest BCUT2D eigenvalue weighted by Crippen LogP contribution is -2.32. The fraction of sp³-hybridized carbons (Fsp3) is 0.364. The average molecular weight is 351 g/mol. The monoisotopic (exact) mass is 351 g/mol. The number of carbonyl (C=O) groups excluding carboxylic acids is 2. The van der Waals surface area contributed by atoms with Gasteiger partial charge in [0.1, 0.15) is 5.75 Å². The number of hydrogen-bond donors (Lipinski definition) is 1. The fourth-order valence-electron chi connectivity index (χ4n) is 3.31. The Hall–Kier alpha value is -2.62. The van der Waals surface area contributed by atoms with Crippen molar-refractivity contribution in [3.63, 3.8) is 0 Å². The molecule has 0 bridgehead atoms. The van der Waals surface area contributed by atoms with Gasteiger partial charge in [0, 0.05) is 11.3 Å². The Morgan fingerprint density at radius 3 is 2.58 bits per heavy atom. The normalized spacial score (nSPS) is 14.2. The van der Waals surface area contributed by atoms with Gasteiger partial charge >= 0.3 is 0 Å². The van der Waals surface area contributed by atoms with Crippen LogP contribution in [0.15, 0.2) is 42.5 Å². The van der Waals surface area contributed by atoms with E-state index < -0.39 is 6.10 Å². The lowest BCUT2D eigenvalue weighted by atomic mass is 9.92. The molecule has 2 aromatic rings. The van der Waals surface area contributed by atoms with E-state index in [0.717, 1.165) is 18.6 Å². The molecule has 1 aliphatic carbocycles. The van der Waals surface area contributed by atoms with Gasteiger partial charge in [0.15, 0.2) is 11.9 Å². The van der Waals surface area contributed by atoms with Gasteiger partial charge in [0.05, 0.1) is 0 Å². The number of anilines is 1. The summed E-state index contributed by atoms with van der Waals surface area (Å²) in [5.41, 5.74) is 3.90. The van der Waals surface area contributed by atoms with Crippen molar-refractivity contribution in [2.45, 2.75) is 52.1 Å². The zero-order valence-corrected chi connectivity index (χ0v) is 15.4. The molecule has 136 valence electrons. The molecule has 3 rings (SSSR count). The van der Waals surface area contributed by atoms with Gasteiger partial charge in [-0.15, -0.1) is 0 Å². The van der Waals surface area contributed by atoms with Crippen molar-refractivity contribution in [1.29, 1.82) is 0 Å². The number of hydrogen-bond acceptors (Lipinski definition) is 3. The molecular weight excluding hydrogens is 326 g/mol. The number of amides is 1. The Labute approximate surface area is 154 Å². The second-order valence-corrected chi connectivity index (χ2v) is 6.78. The molecule has 0 unspecified atom stereocenters. The van der Waals surface area contributed by atoms with Gasteiger partial charge in [-0.1, -0.05) is 25.1 Å². The number of ether oxygens (including phenoxy) is 1. The van der Waals surface area contributed by atoms with Crippen molar-refractivity contribution in [2.24, 2.45) is 0 Å². The van der Waals surface area contributed by atoms with Gasteiger partial charge in [0.2, 0.25) is 0 Å². The molecular formula is C22H25NO3. The standard InChI is InChI=1S/C22H25NO3/c1-3-21(22(25)23-19-10-6-9-17(13-19)15(2)24)26-20-12-11-16-7-4-5-8-18(16)14-20/h6,9-14,21H,3-5,7-8H2,1-2H3,(H,23,25)/t21-/m1/s1. The smallest absolute Gasteiger partial charge is 0.265 e. The summed E-state index contributed by atoms with van der Waals surface area (Å²) in [6.45, 7) is 3.43. The lowest BCUT2D eigenvalue weighted by Gasteiger charge is -2.20. The predicted molar refractivity (Wildman–Crippen MR) is 103 cm³/mol.